The zero-order chi connectivity index (χ0) is 12.5. The van der Waals surface area contributed by atoms with Gasteiger partial charge in [-0.15, -0.1) is 0 Å². The number of benzene rings is 1. The lowest BCUT2D eigenvalue weighted by atomic mass is 10.0. The Kier molecular flexibility index (Phi) is 2.61. The fourth-order valence-electron chi connectivity index (χ4n) is 1.96. The molecule has 0 atom stereocenters. The van der Waals surface area contributed by atoms with Crippen LogP contribution in [0, 0.1) is 0 Å². The molecule has 0 fully saturated rings. The number of carbonyl (C=O) groups is 1. The minimum Gasteiger partial charge on any atom is -0.360 e. The summed E-state index contributed by atoms with van der Waals surface area (Å²) in [4.78, 5) is 19.4. The van der Waals surface area contributed by atoms with E-state index in [2.05, 4.69) is 9.97 Å². The highest BCUT2D eigenvalue weighted by molar-refractivity contribution is 6.35. The lowest BCUT2D eigenvalue weighted by Crippen LogP contribution is -2.01. The first-order valence-electron chi connectivity index (χ1n) is 5.47. The van der Waals surface area contributed by atoms with Gasteiger partial charge in [-0.2, -0.15) is 0 Å². The fraction of sp³-hybridized carbons (Fsp3) is 0. The predicted molar refractivity (Wildman–Crippen MR) is 71.0 cm³/mol. The van der Waals surface area contributed by atoms with Gasteiger partial charge in [0.05, 0.1) is 5.02 Å². The van der Waals surface area contributed by atoms with E-state index in [9.17, 15) is 4.79 Å². The Bertz CT molecular complexity index is 733. The molecule has 18 heavy (non-hydrogen) atoms. The molecule has 0 saturated carbocycles. The van der Waals surface area contributed by atoms with Gasteiger partial charge < -0.3 is 4.98 Å². The average Bonchev–Trinajstić information content (AvgIpc) is 2.82. The summed E-state index contributed by atoms with van der Waals surface area (Å²) in [5, 5.41) is 1.27. The third kappa shape index (κ3) is 1.69. The van der Waals surface area contributed by atoms with Crippen molar-refractivity contribution in [2.45, 2.75) is 0 Å². The first-order valence-corrected chi connectivity index (χ1v) is 5.85. The van der Waals surface area contributed by atoms with E-state index in [0.29, 0.717) is 16.1 Å². The van der Waals surface area contributed by atoms with Crippen LogP contribution in [0.4, 0.5) is 0 Å². The molecule has 3 aromatic rings. The highest BCUT2D eigenvalue weighted by Gasteiger charge is 2.16. The van der Waals surface area contributed by atoms with Crippen LogP contribution < -0.4 is 0 Å². The quantitative estimate of drug-likeness (QED) is 0.714. The number of carbonyl (C=O) groups excluding carboxylic acids is 1. The summed E-state index contributed by atoms with van der Waals surface area (Å²) in [5.41, 5.74) is 2.03. The monoisotopic (exact) mass is 256 g/mol. The lowest BCUT2D eigenvalue weighted by molar-refractivity contribution is 0.104. The topological polar surface area (TPSA) is 45.8 Å². The molecule has 1 aromatic carbocycles. The number of halogens is 1. The zero-order valence-corrected chi connectivity index (χ0v) is 10.1. The van der Waals surface area contributed by atoms with E-state index in [1.54, 1.807) is 18.5 Å². The van der Waals surface area contributed by atoms with E-state index < -0.39 is 0 Å². The molecule has 4 heteroatoms. The molecule has 0 bridgehead atoms. The van der Waals surface area contributed by atoms with Gasteiger partial charge in [-0.3, -0.25) is 9.78 Å². The van der Waals surface area contributed by atoms with Crippen molar-refractivity contribution in [3.8, 4) is 0 Å². The Hall–Kier alpha value is -2.13. The second kappa shape index (κ2) is 4.27. The summed E-state index contributed by atoms with van der Waals surface area (Å²) < 4.78 is 0. The zero-order valence-electron chi connectivity index (χ0n) is 9.35. The molecule has 0 radical (unpaired) electrons. The summed E-state index contributed by atoms with van der Waals surface area (Å²) in [6, 6.07) is 9.30. The van der Waals surface area contributed by atoms with Crippen molar-refractivity contribution in [3.05, 3.63) is 65.1 Å². The third-order valence-corrected chi connectivity index (χ3v) is 3.15. The van der Waals surface area contributed by atoms with E-state index >= 15 is 0 Å². The second-order valence-corrected chi connectivity index (χ2v) is 4.34. The Morgan fingerprint density at radius 2 is 2.00 bits per heavy atom. The van der Waals surface area contributed by atoms with E-state index in [1.807, 2.05) is 24.3 Å². The van der Waals surface area contributed by atoms with Crippen molar-refractivity contribution >= 4 is 28.3 Å². The molecule has 3 rings (SSSR count). The maximum absolute atomic E-state index is 12.4. The molecule has 0 aliphatic heterocycles. The van der Waals surface area contributed by atoms with Crippen LogP contribution in [-0.4, -0.2) is 15.8 Å². The average molecular weight is 257 g/mol. The fourth-order valence-corrected chi connectivity index (χ4v) is 2.17. The number of fused-ring (bicyclic) bond motifs is 1. The SMILES string of the molecule is O=C(c1ccncc1Cl)c1c[nH]c2ccccc12. The van der Waals surface area contributed by atoms with Crippen molar-refractivity contribution in [1.29, 1.82) is 0 Å². The molecule has 0 aliphatic rings. The van der Waals surface area contributed by atoms with Crippen LogP contribution in [0.1, 0.15) is 15.9 Å². The smallest absolute Gasteiger partial charge is 0.196 e. The summed E-state index contributed by atoms with van der Waals surface area (Å²) >= 11 is 5.99. The van der Waals surface area contributed by atoms with Crippen molar-refractivity contribution < 1.29 is 4.79 Å². The van der Waals surface area contributed by atoms with Crippen LogP contribution in [-0.2, 0) is 0 Å². The van der Waals surface area contributed by atoms with Gasteiger partial charge in [-0.25, -0.2) is 0 Å². The van der Waals surface area contributed by atoms with Crippen LogP contribution in [0.15, 0.2) is 48.9 Å². The predicted octanol–water partition coefficient (Wildman–Crippen LogP) is 3.45. The van der Waals surface area contributed by atoms with E-state index in [1.165, 1.54) is 6.20 Å². The number of rotatable bonds is 2. The molecular weight excluding hydrogens is 248 g/mol. The maximum Gasteiger partial charge on any atom is 0.196 e. The van der Waals surface area contributed by atoms with E-state index in [-0.39, 0.29) is 5.78 Å². The number of nitrogens with one attached hydrogen (secondary N) is 1. The summed E-state index contributed by atoms with van der Waals surface area (Å²) in [5.74, 6) is -0.0974. The van der Waals surface area contributed by atoms with Crippen molar-refractivity contribution in [3.63, 3.8) is 0 Å². The Morgan fingerprint density at radius 1 is 1.17 bits per heavy atom. The normalized spacial score (nSPS) is 10.7. The van der Waals surface area contributed by atoms with Crippen LogP contribution >= 0.6 is 11.6 Å². The van der Waals surface area contributed by atoms with Crippen molar-refractivity contribution in [2.24, 2.45) is 0 Å². The summed E-state index contributed by atoms with van der Waals surface area (Å²) in [7, 11) is 0. The van der Waals surface area contributed by atoms with Gasteiger partial charge in [0.15, 0.2) is 5.78 Å². The van der Waals surface area contributed by atoms with E-state index in [0.717, 1.165) is 10.9 Å². The van der Waals surface area contributed by atoms with Crippen molar-refractivity contribution in [2.75, 3.05) is 0 Å². The Labute approximate surface area is 108 Å². The molecule has 88 valence electrons. The molecule has 2 aromatic heterocycles. The van der Waals surface area contributed by atoms with Gasteiger partial charge in [0, 0.05) is 40.6 Å². The molecule has 0 amide bonds. The number of aromatic amines is 1. The molecule has 3 nitrogen and oxygen atoms in total. The van der Waals surface area contributed by atoms with Gasteiger partial charge in [0.1, 0.15) is 0 Å². The minimum atomic E-state index is -0.0974. The third-order valence-electron chi connectivity index (χ3n) is 2.85. The first kappa shape index (κ1) is 11.0. The number of nitrogens with zero attached hydrogens (tertiary/aromatic N) is 1. The van der Waals surface area contributed by atoms with E-state index in [4.69, 9.17) is 11.6 Å². The first-order chi connectivity index (χ1) is 8.77. The van der Waals surface area contributed by atoms with Crippen LogP contribution in [0.5, 0.6) is 0 Å². The van der Waals surface area contributed by atoms with Gasteiger partial charge in [0.25, 0.3) is 0 Å². The van der Waals surface area contributed by atoms with Crippen LogP contribution in [0.3, 0.4) is 0 Å². The number of H-pyrrole nitrogens is 1. The number of pyridine rings is 1. The second-order valence-electron chi connectivity index (χ2n) is 3.93. The molecule has 0 aliphatic carbocycles. The lowest BCUT2D eigenvalue weighted by Gasteiger charge is -2.01. The standard InChI is InChI=1S/C14H9ClN2O/c15-12-8-16-6-5-10(12)14(18)11-7-17-13-4-2-1-3-9(11)13/h1-8,17H. The van der Waals surface area contributed by atoms with Gasteiger partial charge in [0.2, 0.25) is 0 Å². The Balaban J connectivity index is 2.16. The number of para-hydroxylation sites is 1. The highest BCUT2D eigenvalue weighted by Crippen LogP contribution is 2.23. The molecule has 0 spiro atoms. The molecule has 0 saturated heterocycles. The molecule has 2 heterocycles. The van der Waals surface area contributed by atoms with Gasteiger partial charge >= 0.3 is 0 Å². The number of hydrogen-bond donors (Lipinski definition) is 1. The molecule has 1 N–H and O–H groups in total. The van der Waals surface area contributed by atoms with Gasteiger partial charge in [-0.05, 0) is 12.1 Å². The van der Waals surface area contributed by atoms with Crippen molar-refractivity contribution in [1.82, 2.24) is 9.97 Å². The maximum atomic E-state index is 12.4. The number of aromatic nitrogens is 2. The number of hydrogen-bond acceptors (Lipinski definition) is 2. The largest absolute Gasteiger partial charge is 0.360 e. The van der Waals surface area contributed by atoms with Crippen LogP contribution in [0.25, 0.3) is 10.9 Å². The summed E-state index contributed by atoms with van der Waals surface area (Å²) in [6.45, 7) is 0. The summed E-state index contributed by atoms with van der Waals surface area (Å²) in [6.07, 6.45) is 4.75. The molecular formula is C14H9ClN2O. The highest BCUT2D eigenvalue weighted by atomic mass is 35.5. The van der Waals surface area contributed by atoms with Gasteiger partial charge in [-0.1, -0.05) is 29.8 Å². The Morgan fingerprint density at radius 3 is 2.83 bits per heavy atom. The number of ketones is 1. The molecule has 0 unspecified atom stereocenters. The minimum absolute atomic E-state index is 0.0974. The van der Waals surface area contributed by atoms with Crippen LogP contribution in [0.2, 0.25) is 5.02 Å².